The zero-order valence-corrected chi connectivity index (χ0v) is 13.9. The van der Waals surface area contributed by atoms with Gasteiger partial charge in [-0.25, -0.2) is 4.39 Å². The summed E-state index contributed by atoms with van der Waals surface area (Å²) < 4.78 is 13.8. The fourth-order valence-electron chi connectivity index (χ4n) is 2.57. The van der Waals surface area contributed by atoms with Crippen LogP contribution in [0.25, 0.3) is 10.9 Å². The Morgan fingerprint density at radius 2 is 1.75 bits per heavy atom. The van der Waals surface area contributed by atoms with Gasteiger partial charge in [-0.05, 0) is 35.2 Å². The second-order valence-electron chi connectivity index (χ2n) is 6.78. The number of benzene rings is 2. The summed E-state index contributed by atoms with van der Waals surface area (Å²) in [7, 11) is 0. The van der Waals surface area contributed by atoms with Crippen molar-refractivity contribution in [3.63, 3.8) is 0 Å². The first kappa shape index (κ1) is 16.1. The Kier molecular flexibility index (Phi) is 4.06. The number of rotatable bonds is 2. The van der Waals surface area contributed by atoms with Gasteiger partial charge < -0.3 is 5.32 Å². The number of anilines is 1. The van der Waals surface area contributed by atoms with Gasteiger partial charge in [0.25, 0.3) is 5.91 Å². The second kappa shape index (κ2) is 6.04. The van der Waals surface area contributed by atoms with Crippen LogP contribution in [-0.4, -0.2) is 10.9 Å². The van der Waals surface area contributed by atoms with Crippen LogP contribution >= 0.6 is 0 Å². The summed E-state index contributed by atoms with van der Waals surface area (Å²) in [4.78, 5) is 16.5. The molecule has 0 aliphatic heterocycles. The highest BCUT2D eigenvalue weighted by Crippen LogP contribution is 2.25. The summed E-state index contributed by atoms with van der Waals surface area (Å²) in [6, 6.07) is 13.9. The summed E-state index contributed by atoms with van der Waals surface area (Å²) in [6.07, 6.45) is 1.49. The molecule has 2 aromatic carbocycles. The first-order valence-corrected chi connectivity index (χ1v) is 7.81. The molecule has 0 fully saturated rings. The topological polar surface area (TPSA) is 42.0 Å². The molecule has 0 bridgehead atoms. The molecule has 1 N–H and O–H groups in total. The van der Waals surface area contributed by atoms with Crippen molar-refractivity contribution >= 4 is 22.5 Å². The molecule has 0 atom stereocenters. The van der Waals surface area contributed by atoms with E-state index >= 15 is 0 Å². The molecule has 1 heterocycles. The van der Waals surface area contributed by atoms with Crippen molar-refractivity contribution in [1.82, 2.24) is 4.98 Å². The van der Waals surface area contributed by atoms with Crippen LogP contribution in [0.15, 0.2) is 54.7 Å². The molecule has 3 aromatic rings. The molecule has 0 unspecified atom stereocenters. The van der Waals surface area contributed by atoms with Crippen LogP contribution < -0.4 is 5.32 Å². The van der Waals surface area contributed by atoms with Gasteiger partial charge in [0.15, 0.2) is 0 Å². The molecule has 0 saturated heterocycles. The van der Waals surface area contributed by atoms with Crippen molar-refractivity contribution in [2.75, 3.05) is 5.32 Å². The lowest BCUT2D eigenvalue weighted by atomic mass is 9.87. The number of amides is 1. The van der Waals surface area contributed by atoms with Crippen molar-refractivity contribution < 1.29 is 9.18 Å². The SMILES string of the molecule is CC(C)(C)c1ccc(C(=O)Nc2ccnc3c(F)cccc23)cc1. The second-order valence-corrected chi connectivity index (χ2v) is 6.78. The van der Waals surface area contributed by atoms with Crippen LogP contribution in [-0.2, 0) is 5.41 Å². The number of nitrogens with one attached hydrogen (secondary N) is 1. The van der Waals surface area contributed by atoms with Gasteiger partial charge in [0.05, 0.1) is 5.69 Å². The third-order valence-electron chi connectivity index (χ3n) is 3.98. The highest BCUT2D eigenvalue weighted by atomic mass is 19.1. The lowest BCUT2D eigenvalue weighted by Crippen LogP contribution is -2.14. The molecule has 0 aliphatic rings. The zero-order valence-electron chi connectivity index (χ0n) is 13.9. The van der Waals surface area contributed by atoms with Gasteiger partial charge in [0, 0.05) is 17.1 Å². The number of fused-ring (bicyclic) bond motifs is 1. The molecule has 1 aromatic heterocycles. The van der Waals surface area contributed by atoms with Crippen molar-refractivity contribution in [2.24, 2.45) is 0 Å². The minimum Gasteiger partial charge on any atom is -0.321 e. The molecule has 1 amide bonds. The Bertz CT molecular complexity index is 896. The lowest BCUT2D eigenvalue weighted by Gasteiger charge is -2.19. The number of carbonyl (C=O) groups is 1. The van der Waals surface area contributed by atoms with E-state index in [9.17, 15) is 9.18 Å². The minimum absolute atomic E-state index is 0.0356. The molecule has 0 spiro atoms. The summed E-state index contributed by atoms with van der Waals surface area (Å²) >= 11 is 0. The van der Waals surface area contributed by atoms with E-state index in [1.54, 1.807) is 30.3 Å². The van der Waals surface area contributed by atoms with E-state index in [1.165, 1.54) is 12.3 Å². The first-order valence-electron chi connectivity index (χ1n) is 7.81. The molecule has 122 valence electrons. The van der Waals surface area contributed by atoms with Crippen molar-refractivity contribution in [3.05, 3.63) is 71.7 Å². The van der Waals surface area contributed by atoms with Gasteiger partial charge in [-0.3, -0.25) is 9.78 Å². The van der Waals surface area contributed by atoms with Crippen LogP contribution in [0.2, 0.25) is 0 Å². The number of halogens is 1. The Balaban J connectivity index is 1.89. The highest BCUT2D eigenvalue weighted by Gasteiger charge is 2.15. The standard InChI is InChI=1S/C20H19FN2O/c1-20(2,3)14-9-7-13(8-10-14)19(24)23-17-11-12-22-18-15(17)5-4-6-16(18)21/h4-12H,1-3H3,(H,22,23,24). The average Bonchev–Trinajstić information content (AvgIpc) is 2.55. The number of nitrogens with zero attached hydrogens (tertiary/aromatic N) is 1. The Labute approximate surface area is 140 Å². The summed E-state index contributed by atoms with van der Waals surface area (Å²) in [5.41, 5.74) is 2.55. The Morgan fingerprint density at radius 3 is 2.42 bits per heavy atom. The fourth-order valence-corrected chi connectivity index (χ4v) is 2.57. The van der Waals surface area contributed by atoms with E-state index in [4.69, 9.17) is 0 Å². The average molecular weight is 322 g/mol. The molecular formula is C20H19FN2O. The summed E-state index contributed by atoms with van der Waals surface area (Å²) in [5, 5.41) is 3.42. The van der Waals surface area contributed by atoms with Crippen LogP contribution in [0.1, 0.15) is 36.7 Å². The van der Waals surface area contributed by atoms with Crippen LogP contribution in [0.4, 0.5) is 10.1 Å². The molecule has 4 heteroatoms. The lowest BCUT2D eigenvalue weighted by molar-refractivity contribution is 0.102. The maximum absolute atomic E-state index is 13.8. The van der Waals surface area contributed by atoms with Crippen molar-refractivity contribution in [3.8, 4) is 0 Å². The van der Waals surface area contributed by atoms with Crippen LogP contribution in [0.3, 0.4) is 0 Å². The van der Waals surface area contributed by atoms with Crippen molar-refractivity contribution in [2.45, 2.75) is 26.2 Å². The van der Waals surface area contributed by atoms with E-state index in [0.29, 0.717) is 16.6 Å². The number of para-hydroxylation sites is 1. The molecule has 0 radical (unpaired) electrons. The number of hydrogen-bond donors (Lipinski definition) is 1. The number of aromatic nitrogens is 1. The normalized spacial score (nSPS) is 11.5. The highest BCUT2D eigenvalue weighted by molar-refractivity contribution is 6.08. The third-order valence-corrected chi connectivity index (χ3v) is 3.98. The van der Waals surface area contributed by atoms with Gasteiger partial charge in [0.2, 0.25) is 0 Å². The predicted octanol–water partition coefficient (Wildman–Crippen LogP) is 4.92. The van der Waals surface area contributed by atoms with Crippen molar-refractivity contribution in [1.29, 1.82) is 0 Å². The summed E-state index contributed by atoms with van der Waals surface area (Å²) in [6.45, 7) is 6.37. The minimum atomic E-state index is -0.405. The maximum atomic E-state index is 13.8. The Hall–Kier alpha value is -2.75. The zero-order chi connectivity index (χ0) is 17.3. The molecule has 24 heavy (non-hydrogen) atoms. The quantitative estimate of drug-likeness (QED) is 0.727. The summed E-state index contributed by atoms with van der Waals surface area (Å²) in [5.74, 6) is -0.634. The van der Waals surface area contributed by atoms with E-state index in [0.717, 1.165) is 5.56 Å². The monoisotopic (exact) mass is 322 g/mol. The van der Waals surface area contributed by atoms with Gasteiger partial charge in [-0.2, -0.15) is 0 Å². The van der Waals surface area contributed by atoms with E-state index in [1.807, 2.05) is 12.1 Å². The smallest absolute Gasteiger partial charge is 0.255 e. The first-order chi connectivity index (χ1) is 11.4. The maximum Gasteiger partial charge on any atom is 0.255 e. The van der Waals surface area contributed by atoms with Gasteiger partial charge >= 0.3 is 0 Å². The van der Waals surface area contributed by atoms with Gasteiger partial charge in [-0.1, -0.05) is 45.0 Å². The van der Waals surface area contributed by atoms with Crippen LogP contribution in [0.5, 0.6) is 0 Å². The molecule has 3 nitrogen and oxygen atoms in total. The third kappa shape index (κ3) is 3.13. The van der Waals surface area contributed by atoms with E-state index in [2.05, 4.69) is 31.1 Å². The predicted molar refractivity (Wildman–Crippen MR) is 94.8 cm³/mol. The number of pyridine rings is 1. The fraction of sp³-hybridized carbons (Fsp3) is 0.200. The Morgan fingerprint density at radius 1 is 1.04 bits per heavy atom. The van der Waals surface area contributed by atoms with E-state index in [-0.39, 0.29) is 16.8 Å². The van der Waals surface area contributed by atoms with Crippen LogP contribution in [0, 0.1) is 5.82 Å². The number of carbonyl (C=O) groups excluding carboxylic acids is 1. The van der Waals surface area contributed by atoms with Gasteiger partial charge in [0.1, 0.15) is 11.3 Å². The molecule has 3 rings (SSSR count). The molecule has 0 saturated carbocycles. The number of hydrogen-bond acceptors (Lipinski definition) is 2. The molecular weight excluding hydrogens is 303 g/mol. The van der Waals surface area contributed by atoms with E-state index < -0.39 is 5.82 Å². The largest absolute Gasteiger partial charge is 0.321 e. The molecule has 0 aliphatic carbocycles. The van der Waals surface area contributed by atoms with Gasteiger partial charge in [-0.15, -0.1) is 0 Å².